The quantitative estimate of drug-likeness (QED) is 0.0633. The van der Waals surface area contributed by atoms with Crippen LogP contribution in [-0.2, 0) is 33.5 Å². The average molecular weight is 466 g/mol. The van der Waals surface area contributed by atoms with Gasteiger partial charge < -0.3 is 31.3 Å². The Labute approximate surface area is 183 Å². The van der Waals surface area contributed by atoms with Gasteiger partial charge in [0.15, 0.2) is 11.8 Å². The smallest absolute Gasteiger partial charge is 0.336 e. The zero-order valence-electron chi connectivity index (χ0n) is 16.9. The molecule has 0 aromatic rings. The number of thioether (sulfide) groups is 1. The summed E-state index contributed by atoms with van der Waals surface area (Å²) in [7, 11) is 1.04. The third-order valence-electron chi connectivity index (χ3n) is 3.49. The maximum atomic E-state index is 13.0. The second kappa shape index (κ2) is 14.6. The molecule has 0 bridgehead atoms. The number of carbonyl (C=O) groups excluding carboxylic acids is 6. The van der Waals surface area contributed by atoms with Crippen molar-refractivity contribution in [1.82, 2.24) is 20.9 Å². The number of methoxy groups -OCH3 is 1. The Morgan fingerprint density at radius 3 is 2.17 bits per heavy atom. The van der Waals surface area contributed by atoms with Crippen LogP contribution in [0.15, 0.2) is 0 Å². The van der Waals surface area contributed by atoms with Gasteiger partial charge in [0, 0.05) is 19.6 Å². The van der Waals surface area contributed by atoms with Gasteiger partial charge in [-0.25, -0.2) is 4.79 Å². The van der Waals surface area contributed by atoms with E-state index >= 15 is 0 Å². The van der Waals surface area contributed by atoms with E-state index in [1.54, 1.807) is 0 Å². The molecule has 0 saturated heterocycles. The van der Waals surface area contributed by atoms with Crippen LogP contribution in [0.5, 0.6) is 0 Å². The van der Waals surface area contributed by atoms with Crippen molar-refractivity contribution in [2.75, 3.05) is 37.7 Å². The Morgan fingerprint density at radius 1 is 1.10 bits per heavy atom. The van der Waals surface area contributed by atoms with Crippen LogP contribution in [0, 0.1) is 0 Å². The van der Waals surface area contributed by atoms with E-state index in [4.69, 9.17) is 5.73 Å². The number of hydrogen-bond acceptors (Lipinski definition) is 10. The molecule has 0 heterocycles. The van der Waals surface area contributed by atoms with E-state index < -0.39 is 48.2 Å². The van der Waals surface area contributed by atoms with Crippen LogP contribution in [0.4, 0.5) is 0 Å². The first-order chi connectivity index (χ1) is 14.1. The molecular formula is C16H27N5O7S2. The summed E-state index contributed by atoms with van der Waals surface area (Å²) in [5.41, 5.74) is 5.24. The Kier molecular flexibility index (Phi) is 13.5. The molecule has 0 radical (unpaired) electrons. The maximum absolute atomic E-state index is 13.0. The predicted molar refractivity (Wildman–Crippen MR) is 112 cm³/mol. The van der Waals surface area contributed by atoms with Gasteiger partial charge >= 0.3 is 5.97 Å². The zero-order valence-corrected chi connectivity index (χ0v) is 18.6. The van der Waals surface area contributed by atoms with Crippen LogP contribution in [-0.4, -0.2) is 90.1 Å². The lowest BCUT2D eigenvalue weighted by Gasteiger charge is -2.32. The second-order valence-corrected chi connectivity index (χ2v) is 7.17. The van der Waals surface area contributed by atoms with Crippen molar-refractivity contribution in [2.24, 2.45) is 5.73 Å². The van der Waals surface area contributed by atoms with Crippen LogP contribution in [0.3, 0.4) is 0 Å². The fraction of sp³-hybridized carbons (Fsp3) is 0.625. The molecule has 12 nitrogen and oxygen atoms in total. The minimum atomic E-state index is -1.68. The van der Waals surface area contributed by atoms with Crippen LogP contribution in [0.2, 0.25) is 0 Å². The Balaban J connectivity index is 5.70. The van der Waals surface area contributed by atoms with Crippen molar-refractivity contribution in [1.29, 1.82) is 0 Å². The SMILES string of the molecule is COC(=O)[C@H](C(=O)CSCNC(C)=O)N(CNC(C)=O)C(=O)C(CS)NC(=O)CN. The molecule has 0 saturated carbocycles. The van der Waals surface area contributed by atoms with E-state index in [-0.39, 0.29) is 29.8 Å². The van der Waals surface area contributed by atoms with Crippen molar-refractivity contribution in [2.45, 2.75) is 25.9 Å². The molecule has 0 aliphatic rings. The van der Waals surface area contributed by atoms with Gasteiger partial charge in [0.2, 0.25) is 23.6 Å². The number of Topliss-reactive ketones (excluding diaryl/α,β-unsaturated/α-hetero) is 1. The van der Waals surface area contributed by atoms with E-state index in [0.29, 0.717) is 0 Å². The molecule has 0 rings (SSSR count). The molecule has 170 valence electrons. The first-order valence-electron chi connectivity index (χ1n) is 8.66. The van der Waals surface area contributed by atoms with Crippen LogP contribution in [0.25, 0.3) is 0 Å². The highest BCUT2D eigenvalue weighted by atomic mass is 32.2. The first-order valence-corrected chi connectivity index (χ1v) is 10.5. The lowest BCUT2D eigenvalue weighted by molar-refractivity contribution is -0.157. The molecule has 0 aromatic carbocycles. The van der Waals surface area contributed by atoms with Gasteiger partial charge in [0.25, 0.3) is 0 Å². The highest BCUT2D eigenvalue weighted by Gasteiger charge is 2.39. The van der Waals surface area contributed by atoms with E-state index in [2.05, 4.69) is 33.3 Å². The largest absolute Gasteiger partial charge is 0.467 e. The van der Waals surface area contributed by atoms with Crippen molar-refractivity contribution < 1.29 is 33.5 Å². The molecule has 30 heavy (non-hydrogen) atoms. The summed E-state index contributed by atoms with van der Waals surface area (Å²) >= 11 is 5.03. The standard InChI is InChI=1S/C16H27N5O7S2/c1-9(22)18-7-21(15(26)11(5-29)20-13(25)4-17)14(16(27)28-3)12(24)6-30-8-19-10(2)23/h11,14,29H,4-8,17H2,1-3H3,(H,18,22)(H,19,23)(H,20,25)/t11?,14-/m0/s1. The monoisotopic (exact) mass is 465 g/mol. The van der Waals surface area contributed by atoms with Crippen molar-refractivity contribution in [3.63, 3.8) is 0 Å². The van der Waals surface area contributed by atoms with Gasteiger partial charge in [0.1, 0.15) is 6.04 Å². The molecule has 2 atom stereocenters. The van der Waals surface area contributed by atoms with Gasteiger partial charge in [-0.05, 0) is 0 Å². The number of hydrogen-bond donors (Lipinski definition) is 5. The van der Waals surface area contributed by atoms with Crippen molar-refractivity contribution in [3.05, 3.63) is 0 Å². The average Bonchev–Trinajstić information content (AvgIpc) is 2.70. The third-order valence-corrected chi connectivity index (χ3v) is 4.69. The van der Waals surface area contributed by atoms with E-state index in [0.717, 1.165) is 23.8 Å². The molecule has 0 aliphatic carbocycles. The number of ether oxygens (including phenoxy) is 1. The van der Waals surface area contributed by atoms with E-state index in [1.165, 1.54) is 13.8 Å². The molecule has 0 aliphatic heterocycles. The molecule has 4 amide bonds. The minimum absolute atomic E-state index is 0.112. The zero-order chi connectivity index (χ0) is 23.3. The number of nitrogens with zero attached hydrogens (tertiary/aromatic N) is 1. The number of thiol groups is 1. The molecule has 0 spiro atoms. The third kappa shape index (κ3) is 9.93. The van der Waals surface area contributed by atoms with Crippen LogP contribution >= 0.6 is 24.4 Å². The van der Waals surface area contributed by atoms with Crippen molar-refractivity contribution in [3.8, 4) is 0 Å². The molecule has 5 N–H and O–H groups in total. The number of ketones is 1. The molecule has 0 aromatic heterocycles. The van der Waals surface area contributed by atoms with E-state index in [1.807, 2.05) is 0 Å². The van der Waals surface area contributed by atoms with Crippen LogP contribution in [0.1, 0.15) is 13.8 Å². The summed E-state index contributed by atoms with van der Waals surface area (Å²) in [4.78, 5) is 72.6. The number of carbonyl (C=O) groups is 6. The van der Waals surface area contributed by atoms with Gasteiger partial charge in [-0.3, -0.25) is 24.0 Å². The summed E-state index contributed by atoms with van der Waals surface area (Å²) in [5, 5.41) is 7.17. The summed E-state index contributed by atoms with van der Waals surface area (Å²) in [6, 6.07) is -2.89. The highest BCUT2D eigenvalue weighted by molar-refractivity contribution is 7.99. The highest BCUT2D eigenvalue weighted by Crippen LogP contribution is 2.11. The fourth-order valence-electron chi connectivity index (χ4n) is 2.06. The first kappa shape index (κ1) is 27.7. The van der Waals surface area contributed by atoms with Gasteiger partial charge in [-0.1, -0.05) is 0 Å². The van der Waals surface area contributed by atoms with Gasteiger partial charge in [0.05, 0.1) is 32.0 Å². The summed E-state index contributed by atoms with van der Waals surface area (Å²) < 4.78 is 4.66. The molecule has 0 fully saturated rings. The maximum Gasteiger partial charge on any atom is 0.336 e. The van der Waals surface area contributed by atoms with Gasteiger partial charge in [-0.15, -0.1) is 11.8 Å². The lowest BCUT2D eigenvalue weighted by atomic mass is 10.1. The number of nitrogens with two attached hydrogens (primary N) is 1. The number of amides is 4. The summed E-state index contributed by atoms with van der Waals surface area (Å²) in [5.74, 6) is -4.29. The number of nitrogens with one attached hydrogen (secondary N) is 3. The Morgan fingerprint density at radius 2 is 1.70 bits per heavy atom. The van der Waals surface area contributed by atoms with E-state index in [9.17, 15) is 28.8 Å². The molecular weight excluding hydrogens is 438 g/mol. The molecule has 1 unspecified atom stereocenters. The minimum Gasteiger partial charge on any atom is -0.467 e. The Hall–Kier alpha value is -2.32. The topological polar surface area (TPSA) is 177 Å². The lowest BCUT2D eigenvalue weighted by Crippen LogP contribution is -2.60. The Bertz CT molecular complexity index is 662. The number of rotatable bonds is 13. The number of esters is 1. The van der Waals surface area contributed by atoms with Gasteiger partial charge in [-0.2, -0.15) is 12.6 Å². The summed E-state index contributed by atoms with van der Waals surface area (Å²) in [6.45, 7) is 1.62. The normalized spacial score (nSPS) is 12.2. The molecule has 14 heteroatoms. The van der Waals surface area contributed by atoms with Crippen molar-refractivity contribution >= 4 is 59.8 Å². The summed E-state index contributed by atoms with van der Waals surface area (Å²) in [6.07, 6.45) is 0. The van der Waals surface area contributed by atoms with Crippen LogP contribution < -0.4 is 21.7 Å². The predicted octanol–water partition coefficient (Wildman–Crippen LogP) is -2.78. The fourth-order valence-corrected chi connectivity index (χ4v) is 3.07. The second-order valence-electron chi connectivity index (χ2n) is 5.82.